The molecule has 4 aromatic rings. The van der Waals surface area contributed by atoms with Crippen LogP contribution in [0.25, 0.3) is 0 Å². The number of benzene rings is 4. The molecule has 12 heteroatoms. The van der Waals surface area contributed by atoms with Crippen molar-refractivity contribution in [2.75, 3.05) is 24.2 Å². The number of amides is 1. The molecule has 6 rings (SSSR count). The maximum Gasteiger partial charge on any atom is 0.264 e. The van der Waals surface area contributed by atoms with Crippen LogP contribution in [0.2, 0.25) is 5.02 Å². The molecular formula is C34H31ClF2N2O6S. The zero-order valence-electron chi connectivity index (χ0n) is 24.7. The van der Waals surface area contributed by atoms with Gasteiger partial charge in [-0.05, 0) is 79.9 Å². The first-order chi connectivity index (χ1) is 22.2. The van der Waals surface area contributed by atoms with Gasteiger partial charge in [-0.3, -0.25) is 9.10 Å². The lowest BCUT2D eigenvalue weighted by Crippen LogP contribution is -2.44. The zero-order chi connectivity index (χ0) is 32.3. The quantitative estimate of drug-likeness (QED) is 0.178. The first-order valence-electron chi connectivity index (χ1n) is 14.9. The van der Waals surface area contributed by atoms with Crippen molar-refractivity contribution in [3.8, 4) is 17.2 Å². The number of likely N-dealkylation sites (tertiary alicyclic amines) is 1. The highest BCUT2D eigenvalue weighted by Crippen LogP contribution is 2.35. The molecule has 0 saturated carbocycles. The van der Waals surface area contributed by atoms with Crippen molar-refractivity contribution < 1.29 is 36.2 Å². The molecule has 1 saturated heterocycles. The lowest BCUT2D eigenvalue weighted by molar-refractivity contribution is 0.0580. The van der Waals surface area contributed by atoms with E-state index >= 15 is 4.39 Å². The Balaban J connectivity index is 1.20. The Morgan fingerprint density at radius 2 is 1.74 bits per heavy atom. The van der Waals surface area contributed by atoms with Gasteiger partial charge in [0.1, 0.15) is 17.4 Å². The fourth-order valence-corrected chi connectivity index (χ4v) is 7.28. The van der Waals surface area contributed by atoms with Gasteiger partial charge in [-0.25, -0.2) is 17.2 Å². The molecule has 0 radical (unpaired) electrons. The number of halogens is 3. The van der Waals surface area contributed by atoms with E-state index in [2.05, 4.69) is 0 Å². The van der Waals surface area contributed by atoms with Crippen LogP contribution in [-0.4, -0.2) is 45.2 Å². The Morgan fingerprint density at radius 3 is 2.57 bits per heavy atom. The Labute approximate surface area is 271 Å². The largest absolute Gasteiger partial charge is 0.493 e. The minimum atomic E-state index is -4.36. The van der Waals surface area contributed by atoms with Gasteiger partial charge in [0.2, 0.25) is 6.79 Å². The lowest BCUT2D eigenvalue weighted by atomic mass is 9.98. The number of para-hydroxylation sites is 1. The van der Waals surface area contributed by atoms with Gasteiger partial charge in [0.05, 0.1) is 23.7 Å². The van der Waals surface area contributed by atoms with Crippen molar-refractivity contribution >= 4 is 33.2 Å². The number of hydrogen-bond donors (Lipinski definition) is 0. The van der Waals surface area contributed by atoms with Gasteiger partial charge >= 0.3 is 0 Å². The van der Waals surface area contributed by atoms with Crippen LogP contribution in [-0.2, 0) is 16.6 Å². The second-order valence-electron chi connectivity index (χ2n) is 11.0. The van der Waals surface area contributed by atoms with E-state index in [0.29, 0.717) is 46.4 Å². The first-order valence-corrected chi connectivity index (χ1v) is 16.7. The number of ether oxygens (including phenoxy) is 3. The summed E-state index contributed by atoms with van der Waals surface area (Å²) in [6.45, 7) is 0.649. The summed E-state index contributed by atoms with van der Waals surface area (Å²) in [6, 6.07) is 20.0. The van der Waals surface area contributed by atoms with E-state index in [1.54, 1.807) is 42.5 Å². The normalized spacial score (nSPS) is 15.9. The first kappa shape index (κ1) is 31.6. The molecule has 0 aliphatic carbocycles. The summed E-state index contributed by atoms with van der Waals surface area (Å²) in [5.41, 5.74) is 0.527. The number of carbonyl (C=O) groups excluding carboxylic acids is 1. The van der Waals surface area contributed by atoms with Crippen LogP contribution in [0.3, 0.4) is 0 Å². The standard InChI is InChI=1S/C34H31ClF2N2O6S/c35-25-9-12-28(13-10-25)46(41,42)39(30-20-26(36)11-14-29(30)37)21-24-5-1-2-7-31(24)43-18-16-27-6-3-4-17-38(27)34(40)23-8-15-32-33(19-23)45-22-44-32/h1-2,5,7-15,19-20,27H,3-4,6,16-18,21-22H2. The van der Waals surface area contributed by atoms with Crippen LogP contribution in [0.4, 0.5) is 14.5 Å². The van der Waals surface area contributed by atoms with Crippen molar-refractivity contribution in [1.82, 2.24) is 4.90 Å². The molecule has 0 spiro atoms. The predicted octanol–water partition coefficient (Wildman–Crippen LogP) is 7.21. The van der Waals surface area contributed by atoms with Crippen LogP contribution in [0.15, 0.2) is 89.8 Å². The van der Waals surface area contributed by atoms with Crippen LogP contribution in [0.1, 0.15) is 41.6 Å². The molecule has 1 atom stereocenters. The van der Waals surface area contributed by atoms with Gasteiger partial charge in [0.25, 0.3) is 15.9 Å². The summed E-state index contributed by atoms with van der Waals surface area (Å²) in [4.78, 5) is 15.2. The number of sulfonamides is 1. The van der Waals surface area contributed by atoms with Crippen LogP contribution < -0.4 is 18.5 Å². The topological polar surface area (TPSA) is 85.4 Å². The number of anilines is 1. The maximum atomic E-state index is 15.1. The van der Waals surface area contributed by atoms with Crippen molar-refractivity contribution in [3.05, 3.63) is 113 Å². The minimum absolute atomic E-state index is 0.0676. The second-order valence-corrected chi connectivity index (χ2v) is 13.3. The Morgan fingerprint density at radius 1 is 0.957 bits per heavy atom. The third-order valence-electron chi connectivity index (χ3n) is 8.08. The van der Waals surface area contributed by atoms with E-state index in [0.717, 1.165) is 41.8 Å². The Kier molecular flexibility index (Phi) is 9.32. The highest BCUT2D eigenvalue weighted by molar-refractivity contribution is 7.92. The SMILES string of the molecule is O=C(c1ccc2c(c1)OCO2)N1CCCCC1CCOc1ccccc1CN(c1cc(F)ccc1F)S(=O)(=O)c1ccc(Cl)cc1. The molecule has 0 N–H and O–H groups in total. The average molecular weight is 669 g/mol. The third-order valence-corrected chi connectivity index (χ3v) is 10.1. The number of fused-ring (bicyclic) bond motifs is 1. The summed E-state index contributed by atoms with van der Waals surface area (Å²) in [7, 11) is -4.36. The fourth-order valence-electron chi connectivity index (χ4n) is 5.71. The maximum absolute atomic E-state index is 15.1. The van der Waals surface area contributed by atoms with E-state index in [4.69, 9.17) is 25.8 Å². The molecular weight excluding hydrogens is 638 g/mol. The van der Waals surface area contributed by atoms with Gasteiger partial charge in [-0.15, -0.1) is 0 Å². The van der Waals surface area contributed by atoms with E-state index < -0.39 is 27.3 Å². The summed E-state index contributed by atoms with van der Waals surface area (Å²) < 4.78 is 74.8. The van der Waals surface area contributed by atoms with E-state index in [9.17, 15) is 17.6 Å². The van der Waals surface area contributed by atoms with Gasteiger partial charge in [0, 0.05) is 41.2 Å². The Bertz CT molecular complexity index is 1840. The number of hydrogen-bond acceptors (Lipinski definition) is 6. The molecule has 2 aliphatic rings. The van der Waals surface area contributed by atoms with Crippen molar-refractivity contribution in [1.29, 1.82) is 0 Å². The lowest BCUT2D eigenvalue weighted by Gasteiger charge is -2.36. The van der Waals surface area contributed by atoms with Gasteiger partial charge in [-0.1, -0.05) is 29.8 Å². The summed E-state index contributed by atoms with van der Waals surface area (Å²) in [6.07, 6.45) is 3.22. The monoisotopic (exact) mass is 668 g/mol. The van der Waals surface area contributed by atoms with E-state index in [-0.39, 0.29) is 36.8 Å². The number of piperidine rings is 1. The molecule has 8 nitrogen and oxygen atoms in total. The third kappa shape index (κ3) is 6.75. The molecule has 240 valence electrons. The summed E-state index contributed by atoms with van der Waals surface area (Å²) >= 11 is 5.97. The van der Waals surface area contributed by atoms with Gasteiger partial charge < -0.3 is 19.1 Å². The van der Waals surface area contributed by atoms with Crippen molar-refractivity contribution in [2.24, 2.45) is 0 Å². The number of carbonyl (C=O) groups is 1. The Hall–Kier alpha value is -4.35. The molecule has 2 aliphatic heterocycles. The van der Waals surface area contributed by atoms with E-state index in [1.165, 1.54) is 24.3 Å². The molecule has 1 unspecified atom stereocenters. The molecule has 1 fully saturated rings. The smallest absolute Gasteiger partial charge is 0.264 e. The fraction of sp³-hybridized carbons (Fsp3) is 0.265. The highest BCUT2D eigenvalue weighted by Gasteiger charge is 2.30. The molecule has 1 amide bonds. The number of rotatable bonds is 10. The molecule has 4 aromatic carbocycles. The number of nitrogens with zero attached hydrogens (tertiary/aromatic N) is 2. The summed E-state index contributed by atoms with van der Waals surface area (Å²) in [5.74, 6) is -0.238. The summed E-state index contributed by atoms with van der Waals surface area (Å²) in [5, 5.41) is 0.329. The molecule has 0 bridgehead atoms. The average Bonchev–Trinajstić information content (AvgIpc) is 3.54. The van der Waals surface area contributed by atoms with Crippen molar-refractivity contribution in [2.45, 2.75) is 43.2 Å². The van der Waals surface area contributed by atoms with Crippen LogP contribution in [0, 0.1) is 11.6 Å². The van der Waals surface area contributed by atoms with Crippen LogP contribution >= 0.6 is 11.6 Å². The van der Waals surface area contributed by atoms with E-state index in [1.807, 2.05) is 4.90 Å². The second kappa shape index (κ2) is 13.6. The molecule has 46 heavy (non-hydrogen) atoms. The molecule has 0 aromatic heterocycles. The zero-order valence-corrected chi connectivity index (χ0v) is 26.3. The molecule has 2 heterocycles. The van der Waals surface area contributed by atoms with Crippen LogP contribution in [0.5, 0.6) is 17.2 Å². The predicted molar refractivity (Wildman–Crippen MR) is 169 cm³/mol. The van der Waals surface area contributed by atoms with Gasteiger partial charge in [0.15, 0.2) is 11.5 Å². The van der Waals surface area contributed by atoms with Gasteiger partial charge in [-0.2, -0.15) is 0 Å². The van der Waals surface area contributed by atoms with Crippen molar-refractivity contribution in [3.63, 3.8) is 0 Å². The highest BCUT2D eigenvalue weighted by atomic mass is 35.5. The minimum Gasteiger partial charge on any atom is -0.493 e.